The van der Waals surface area contributed by atoms with E-state index in [9.17, 15) is 14.7 Å². The summed E-state index contributed by atoms with van der Waals surface area (Å²) < 4.78 is 6.27. The molecule has 0 radical (unpaired) electrons. The fourth-order valence-corrected chi connectivity index (χ4v) is 11.3. The van der Waals surface area contributed by atoms with Gasteiger partial charge in [0.15, 0.2) is 0 Å². The van der Waals surface area contributed by atoms with E-state index < -0.39 is 11.6 Å². The molecule has 45 heavy (non-hydrogen) atoms. The maximum Gasteiger partial charge on any atom is 0.303 e. The molecule has 5 nitrogen and oxygen atoms in total. The van der Waals surface area contributed by atoms with Crippen molar-refractivity contribution in [2.75, 3.05) is 0 Å². The topological polar surface area (TPSA) is 83.8 Å². The second kappa shape index (κ2) is 12.5. The quantitative estimate of drug-likeness (QED) is 0.218. The largest absolute Gasteiger partial charge is 0.481 e. The normalized spacial score (nSPS) is 38.0. The molecule has 4 aliphatic rings. The number of carboxylic acid groups (broad SMARTS) is 1. The summed E-state index contributed by atoms with van der Waals surface area (Å²) in [6.45, 7) is 8.98. The van der Waals surface area contributed by atoms with Gasteiger partial charge in [-0.15, -0.1) is 0 Å². The van der Waals surface area contributed by atoms with Gasteiger partial charge in [-0.1, -0.05) is 88.2 Å². The van der Waals surface area contributed by atoms with Gasteiger partial charge in [-0.3, -0.25) is 9.59 Å². The highest BCUT2D eigenvalue weighted by atomic mass is 16.5. The zero-order chi connectivity index (χ0) is 32.0. The second-order valence-corrected chi connectivity index (χ2v) is 15.9. The molecule has 2 aromatic carbocycles. The van der Waals surface area contributed by atoms with E-state index >= 15 is 0 Å². The molecule has 0 bridgehead atoms. The molecule has 2 aromatic rings. The van der Waals surface area contributed by atoms with Gasteiger partial charge in [-0.25, -0.2) is 0 Å². The number of carbonyl (C=O) groups is 2. The molecule has 4 fully saturated rings. The summed E-state index contributed by atoms with van der Waals surface area (Å²) in [5.74, 6) is 2.02. The van der Waals surface area contributed by atoms with Crippen molar-refractivity contribution in [1.29, 1.82) is 0 Å². The van der Waals surface area contributed by atoms with Crippen LogP contribution in [0.1, 0.15) is 110 Å². The number of carbonyl (C=O) groups excluding carboxylic acids is 1. The van der Waals surface area contributed by atoms with Gasteiger partial charge >= 0.3 is 11.9 Å². The molecule has 0 spiro atoms. The smallest absolute Gasteiger partial charge is 0.303 e. The molecule has 0 saturated heterocycles. The minimum Gasteiger partial charge on any atom is -0.481 e. The van der Waals surface area contributed by atoms with Crippen LogP contribution in [0.2, 0.25) is 0 Å². The third-order valence-electron chi connectivity index (χ3n) is 13.6. The van der Waals surface area contributed by atoms with E-state index in [2.05, 4.69) is 69.3 Å². The van der Waals surface area contributed by atoms with Gasteiger partial charge in [-0.05, 0) is 115 Å². The number of unbranched alkanes of at least 4 members (excludes halogenated alkanes) is 1. The van der Waals surface area contributed by atoms with Crippen LogP contribution in [0.4, 0.5) is 0 Å². The van der Waals surface area contributed by atoms with Crippen molar-refractivity contribution in [3.63, 3.8) is 0 Å². The summed E-state index contributed by atoms with van der Waals surface area (Å²) in [6, 6.07) is 18.9. The highest BCUT2D eigenvalue weighted by molar-refractivity contribution is 5.66. The predicted octanol–water partition coefficient (Wildman–Crippen LogP) is 9.02. The van der Waals surface area contributed by atoms with Crippen LogP contribution in [0.3, 0.4) is 0 Å². The number of carboxylic acids is 1. The predicted molar refractivity (Wildman–Crippen MR) is 177 cm³/mol. The van der Waals surface area contributed by atoms with Crippen LogP contribution in [0, 0.1) is 46.3 Å². The standard InChI is InChI=1S/C40H54O5/c1-26(10-8-9-13-36(42)43)32-18-19-33-37-34(20-21-39(32,33)4)38(3)22-23-40(44,25-31(38)24-35(37)45-27(2)41)30-16-14-29(15-17-30)28-11-6-5-7-12-28/h5-7,11-12,14-17,26,31-35,37,44H,8-10,13,18-25H2,1-4H3,(H,42,43)/t26-,31-,32-,33+,34+,35-,37+,38+,39-,40+/m1/s1. The second-order valence-electron chi connectivity index (χ2n) is 15.9. The van der Waals surface area contributed by atoms with Crippen LogP contribution >= 0.6 is 0 Å². The van der Waals surface area contributed by atoms with E-state index in [-0.39, 0.29) is 29.3 Å². The van der Waals surface area contributed by atoms with Gasteiger partial charge in [0.05, 0.1) is 5.60 Å². The van der Waals surface area contributed by atoms with E-state index in [0.717, 1.165) is 56.1 Å². The van der Waals surface area contributed by atoms with Gasteiger partial charge in [0.1, 0.15) is 6.10 Å². The minimum atomic E-state index is -0.870. The van der Waals surface area contributed by atoms with E-state index in [1.54, 1.807) is 6.92 Å². The van der Waals surface area contributed by atoms with Crippen LogP contribution in [0.5, 0.6) is 0 Å². The first-order chi connectivity index (χ1) is 21.4. The average molecular weight is 615 g/mol. The zero-order valence-electron chi connectivity index (χ0n) is 27.8. The Labute approximate surface area is 270 Å². The third-order valence-corrected chi connectivity index (χ3v) is 13.6. The van der Waals surface area contributed by atoms with Gasteiger partial charge < -0.3 is 14.9 Å². The van der Waals surface area contributed by atoms with E-state index in [1.807, 2.05) is 6.07 Å². The van der Waals surface area contributed by atoms with Gasteiger partial charge in [-0.2, -0.15) is 0 Å². The molecule has 0 aromatic heterocycles. The Bertz CT molecular complexity index is 1350. The fourth-order valence-electron chi connectivity index (χ4n) is 11.3. The highest BCUT2D eigenvalue weighted by Crippen LogP contribution is 2.69. The van der Waals surface area contributed by atoms with Crippen molar-refractivity contribution in [1.82, 2.24) is 0 Å². The molecule has 0 unspecified atom stereocenters. The lowest BCUT2D eigenvalue weighted by atomic mass is 9.42. The van der Waals surface area contributed by atoms with Crippen LogP contribution in [0.15, 0.2) is 54.6 Å². The maximum atomic E-state index is 12.5. The number of hydrogen-bond acceptors (Lipinski definition) is 4. The van der Waals surface area contributed by atoms with Gasteiger partial charge in [0.2, 0.25) is 0 Å². The van der Waals surface area contributed by atoms with E-state index in [1.165, 1.54) is 24.8 Å². The fraction of sp³-hybridized carbons (Fsp3) is 0.650. The average Bonchev–Trinajstić information content (AvgIpc) is 3.37. The first kappa shape index (κ1) is 32.3. The lowest BCUT2D eigenvalue weighted by molar-refractivity contribution is -0.204. The summed E-state index contributed by atoms with van der Waals surface area (Å²) in [5, 5.41) is 21.3. The zero-order valence-corrected chi connectivity index (χ0v) is 27.8. The Kier molecular flexibility index (Phi) is 8.97. The maximum absolute atomic E-state index is 12.5. The SMILES string of the molecule is CC(=O)O[C@@H]1C[C@@H]2C[C@](O)(c3ccc(-c4ccccc4)cc3)CC[C@]2(C)[C@H]2CC[C@]3(C)[C@@H]([C@H](C)CCCCC(=O)O)CC[C@H]3[C@H]12. The lowest BCUT2D eigenvalue weighted by Crippen LogP contribution is -2.60. The molecule has 244 valence electrons. The minimum absolute atomic E-state index is 0.0948. The molecule has 5 heteroatoms. The number of aliphatic carboxylic acids is 1. The number of aliphatic hydroxyl groups is 1. The number of hydrogen-bond donors (Lipinski definition) is 2. The van der Waals surface area contributed by atoms with E-state index in [4.69, 9.17) is 9.84 Å². The Morgan fingerprint density at radius 2 is 1.58 bits per heavy atom. The van der Waals surface area contributed by atoms with E-state index in [0.29, 0.717) is 41.9 Å². The number of benzene rings is 2. The Hall–Kier alpha value is -2.66. The molecular formula is C40H54O5. The Balaban J connectivity index is 1.21. The molecular weight excluding hydrogens is 560 g/mol. The molecule has 0 heterocycles. The molecule has 2 N–H and O–H groups in total. The van der Waals surface area contributed by atoms with Crippen LogP contribution in [-0.4, -0.2) is 28.3 Å². The van der Waals surface area contributed by atoms with Crippen molar-refractivity contribution in [3.8, 4) is 11.1 Å². The third kappa shape index (κ3) is 5.99. The van der Waals surface area contributed by atoms with Crippen molar-refractivity contribution < 1.29 is 24.5 Å². The number of rotatable bonds is 9. The van der Waals surface area contributed by atoms with Crippen molar-refractivity contribution >= 4 is 11.9 Å². The highest BCUT2D eigenvalue weighted by Gasteiger charge is 2.64. The molecule has 10 atom stereocenters. The summed E-state index contributed by atoms with van der Waals surface area (Å²) >= 11 is 0. The molecule has 4 saturated carbocycles. The van der Waals surface area contributed by atoms with Crippen LogP contribution in [0.25, 0.3) is 11.1 Å². The number of ether oxygens (including phenoxy) is 1. The molecule has 0 amide bonds. The van der Waals surface area contributed by atoms with Crippen molar-refractivity contribution in [2.24, 2.45) is 46.3 Å². The Morgan fingerprint density at radius 3 is 2.27 bits per heavy atom. The first-order valence-electron chi connectivity index (χ1n) is 17.7. The summed E-state index contributed by atoms with van der Waals surface area (Å²) in [4.78, 5) is 23.6. The first-order valence-corrected chi connectivity index (χ1v) is 17.7. The molecule has 6 rings (SSSR count). The summed E-state index contributed by atoms with van der Waals surface area (Å²) in [7, 11) is 0. The van der Waals surface area contributed by atoms with Crippen molar-refractivity contribution in [2.45, 2.75) is 116 Å². The Morgan fingerprint density at radius 1 is 0.889 bits per heavy atom. The van der Waals surface area contributed by atoms with Gasteiger partial charge in [0, 0.05) is 19.3 Å². The summed E-state index contributed by atoms with van der Waals surface area (Å²) in [5.41, 5.74) is 2.83. The molecule has 0 aliphatic heterocycles. The summed E-state index contributed by atoms with van der Waals surface area (Å²) in [6.07, 6.45) is 11.1. The molecule has 4 aliphatic carbocycles. The van der Waals surface area contributed by atoms with Crippen LogP contribution < -0.4 is 0 Å². The lowest BCUT2D eigenvalue weighted by Gasteiger charge is -2.63. The van der Waals surface area contributed by atoms with Crippen molar-refractivity contribution in [3.05, 3.63) is 60.2 Å². The van der Waals surface area contributed by atoms with Gasteiger partial charge in [0.25, 0.3) is 0 Å². The number of esters is 1. The monoisotopic (exact) mass is 614 g/mol. The van der Waals surface area contributed by atoms with Crippen LogP contribution in [-0.2, 0) is 19.9 Å². The number of fused-ring (bicyclic) bond motifs is 5.